The van der Waals surface area contributed by atoms with E-state index in [0.717, 1.165) is 5.56 Å². The number of carbonyl (C=O) groups is 3. The number of carboxylic acid groups (broad SMARTS) is 1. The van der Waals surface area contributed by atoms with Crippen LogP contribution in [-0.4, -0.2) is 69.8 Å². The molecule has 184 valence electrons. The van der Waals surface area contributed by atoms with E-state index < -0.39 is 53.4 Å². The highest BCUT2D eigenvalue weighted by molar-refractivity contribution is 6.34. The average Bonchev–Trinajstić information content (AvgIpc) is 3.41. The number of likely N-dealkylation sites (tertiary alicyclic amines) is 1. The zero-order chi connectivity index (χ0) is 24.9. The Morgan fingerprint density at radius 1 is 1.41 bits per heavy atom. The predicted molar refractivity (Wildman–Crippen MR) is 127 cm³/mol. The van der Waals surface area contributed by atoms with Gasteiger partial charge in [0.25, 0.3) is 5.91 Å². The van der Waals surface area contributed by atoms with Gasteiger partial charge in [-0.15, -0.1) is 6.58 Å². The average molecular weight is 491 g/mol. The van der Waals surface area contributed by atoms with Crippen LogP contribution in [0.4, 0.5) is 5.69 Å². The molecule has 34 heavy (non-hydrogen) atoms. The summed E-state index contributed by atoms with van der Waals surface area (Å²) in [4.78, 5) is 43.2. The van der Waals surface area contributed by atoms with Crippen molar-refractivity contribution < 1.29 is 29.3 Å². The number of benzene rings is 1. The summed E-state index contributed by atoms with van der Waals surface area (Å²) in [6.07, 6.45) is 1.81. The van der Waals surface area contributed by atoms with Crippen LogP contribution in [0.15, 0.2) is 30.9 Å². The van der Waals surface area contributed by atoms with Gasteiger partial charge in [-0.25, -0.2) is 0 Å². The van der Waals surface area contributed by atoms with E-state index in [4.69, 9.17) is 16.3 Å². The fraction of sp³-hybridized carbons (Fsp3) is 0.560. The lowest BCUT2D eigenvalue weighted by atomic mass is 9.70. The molecule has 1 aromatic carbocycles. The molecule has 3 aliphatic heterocycles. The third-order valence-electron chi connectivity index (χ3n) is 7.61. The molecule has 3 fully saturated rings. The highest BCUT2D eigenvalue weighted by atomic mass is 35.5. The van der Waals surface area contributed by atoms with Gasteiger partial charge in [0.1, 0.15) is 11.6 Å². The minimum Gasteiger partial charge on any atom is -0.481 e. The number of halogens is 1. The normalized spacial score (nSPS) is 30.5. The number of aryl methyl sites for hydroxylation is 1. The molecule has 1 aromatic rings. The fourth-order valence-corrected chi connectivity index (χ4v) is 6.49. The van der Waals surface area contributed by atoms with Crippen LogP contribution in [0, 0.1) is 24.7 Å². The van der Waals surface area contributed by atoms with Crippen molar-refractivity contribution in [2.24, 2.45) is 17.8 Å². The number of hydrogen-bond acceptors (Lipinski definition) is 5. The molecule has 2 unspecified atom stereocenters. The number of amides is 2. The zero-order valence-electron chi connectivity index (χ0n) is 19.6. The molecule has 9 heteroatoms. The monoisotopic (exact) mass is 490 g/mol. The molecule has 3 aliphatic rings. The van der Waals surface area contributed by atoms with E-state index in [-0.39, 0.29) is 19.1 Å². The molecule has 6 atom stereocenters. The summed E-state index contributed by atoms with van der Waals surface area (Å²) in [5, 5.41) is 20.5. The van der Waals surface area contributed by atoms with Crippen molar-refractivity contribution in [3.63, 3.8) is 0 Å². The molecule has 1 spiro atoms. The largest absolute Gasteiger partial charge is 0.481 e. The topological polar surface area (TPSA) is 107 Å². The Kier molecular flexibility index (Phi) is 6.52. The maximum absolute atomic E-state index is 14.4. The number of carbonyl (C=O) groups excluding carboxylic acids is 2. The Hall–Kier alpha value is -2.42. The van der Waals surface area contributed by atoms with Gasteiger partial charge in [0, 0.05) is 6.54 Å². The molecule has 8 nitrogen and oxygen atoms in total. The van der Waals surface area contributed by atoms with Crippen LogP contribution in [0.3, 0.4) is 0 Å². The Morgan fingerprint density at radius 2 is 2.12 bits per heavy atom. The Morgan fingerprint density at radius 3 is 2.68 bits per heavy atom. The summed E-state index contributed by atoms with van der Waals surface area (Å²) in [6.45, 7) is 9.12. The number of rotatable bonds is 8. The van der Waals surface area contributed by atoms with E-state index in [0.29, 0.717) is 23.6 Å². The van der Waals surface area contributed by atoms with Crippen molar-refractivity contribution in [1.82, 2.24) is 4.90 Å². The second-order valence-corrected chi connectivity index (χ2v) is 10.2. The van der Waals surface area contributed by atoms with Gasteiger partial charge >= 0.3 is 5.97 Å². The van der Waals surface area contributed by atoms with Crippen LogP contribution in [0.25, 0.3) is 0 Å². The molecule has 3 saturated heterocycles. The number of nitrogens with zero attached hydrogens (tertiary/aromatic N) is 2. The number of aliphatic hydroxyl groups is 1. The number of fused-ring (bicyclic) bond motifs is 1. The van der Waals surface area contributed by atoms with E-state index >= 15 is 0 Å². The first kappa shape index (κ1) is 24.7. The number of para-hydroxylation sites is 1. The minimum atomic E-state index is -1.27. The molecule has 2 amide bonds. The predicted octanol–water partition coefficient (Wildman–Crippen LogP) is 2.64. The number of aliphatic hydroxyl groups excluding tert-OH is 1. The van der Waals surface area contributed by atoms with Gasteiger partial charge < -0.3 is 24.7 Å². The van der Waals surface area contributed by atoms with Gasteiger partial charge in [-0.2, -0.15) is 0 Å². The molecular weight excluding hydrogens is 460 g/mol. The first-order valence-electron chi connectivity index (χ1n) is 11.6. The summed E-state index contributed by atoms with van der Waals surface area (Å²) in [6, 6.07) is 3.56. The van der Waals surface area contributed by atoms with Gasteiger partial charge in [0.15, 0.2) is 0 Å². The van der Waals surface area contributed by atoms with E-state index in [1.54, 1.807) is 18.2 Å². The fourth-order valence-electron chi connectivity index (χ4n) is 6.16. The van der Waals surface area contributed by atoms with Crippen molar-refractivity contribution in [3.05, 3.63) is 41.4 Å². The molecule has 0 aliphatic carbocycles. The smallest absolute Gasteiger partial charge is 0.310 e. The highest BCUT2D eigenvalue weighted by Crippen LogP contribution is 2.59. The van der Waals surface area contributed by atoms with Crippen LogP contribution < -0.4 is 4.90 Å². The SMILES string of the molecule is C=CCN(C(=O)C1N([C@@H](CO)C(C)C)C(=O)[C@@H]2[C@H](C(=O)O)[C@@H]3CCC12O3)c1c(C)cccc1Cl. The first-order chi connectivity index (χ1) is 16.1. The lowest BCUT2D eigenvalue weighted by Gasteiger charge is -2.40. The quantitative estimate of drug-likeness (QED) is 0.542. The van der Waals surface area contributed by atoms with E-state index in [1.807, 2.05) is 26.8 Å². The molecule has 3 heterocycles. The van der Waals surface area contributed by atoms with Crippen molar-refractivity contribution in [1.29, 1.82) is 0 Å². The second-order valence-electron chi connectivity index (χ2n) is 9.78. The summed E-state index contributed by atoms with van der Waals surface area (Å²) in [7, 11) is 0. The van der Waals surface area contributed by atoms with E-state index in [9.17, 15) is 24.6 Å². The maximum atomic E-state index is 14.4. The summed E-state index contributed by atoms with van der Waals surface area (Å²) in [5.74, 6) is -4.15. The lowest BCUT2D eigenvalue weighted by molar-refractivity contribution is -0.151. The maximum Gasteiger partial charge on any atom is 0.310 e. The van der Waals surface area contributed by atoms with Crippen molar-refractivity contribution >= 4 is 35.1 Å². The molecule has 2 bridgehead atoms. The van der Waals surface area contributed by atoms with Gasteiger partial charge in [-0.1, -0.05) is 43.7 Å². The summed E-state index contributed by atoms with van der Waals surface area (Å²) >= 11 is 6.51. The van der Waals surface area contributed by atoms with Crippen LogP contribution in [0.2, 0.25) is 5.02 Å². The van der Waals surface area contributed by atoms with Crippen LogP contribution in [0.1, 0.15) is 32.3 Å². The number of ether oxygens (including phenoxy) is 1. The van der Waals surface area contributed by atoms with Crippen LogP contribution in [0.5, 0.6) is 0 Å². The molecule has 0 radical (unpaired) electrons. The summed E-state index contributed by atoms with van der Waals surface area (Å²) < 4.78 is 6.26. The third-order valence-corrected chi connectivity index (χ3v) is 7.91. The standard InChI is InChI=1S/C25H31ClN2O6/c1-5-11-27(20-14(4)7-6-8-15(20)26)23(31)21-25-10-9-17(34-25)18(24(32)33)19(25)22(30)28(21)16(12-29)13(2)3/h5-8,13,16-19,21,29H,1,9-12H2,2-4H3,(H,32,33)/t16-,17-,18+,19-,21?,25?/m0/s1. The number of anilines is 1. The third kappa shape index (κ3) is 3.46. The first-order valence-corrected chi connectivity index (χ1v) is 12.0. The van der Waals surface area contributed by atoms with Gasteiger partial charge in [0.2, 0.25) is 5.91 Å². The molecule has 4 rings (SSSR count). The van der Waals surface area contributed by atoms with E-state index in [2.05, 4.69) is 6.58 Å². The Labute approximate surface area is 204 Å². The summed E-state index contributed by atoms with van der Waals surface area (Å²) in [5.41, 5.74) is 0.0164. The highest BCUT2D eigenvalue weighted by Gasteiger charge is 2.75. The lowest BCUT2D eigenvalue weighted by Crippen LogP contribution is -2.60. The minimum absolute atomic E-state index is 0.139. The van der Waals surface area contributed by atoms with Crippen LogP contribution >= 0.6 is 11.6 Å². The number of hydrogen-bond donors (Lipinski definition) is 2. The van der Waals surface area contributed by atoms with Crippen molar-refractivity contribution in [2.75, 3.05) is 18.1 Å². The van der Waals surface area contributed by atoms with Gasteiger partial charge in [0.05, 0.1) is 41.3 Å². The van der Waals surface area contributed by atoms with Crippen molar-refractivity contribution in [2.45, 2.75) is 57.4 Å². The number of carboxylic acids is 1. The van der Waals surface area contributed by atoms with E-state index in [1.165, 1.54) is 9.80 Å². The molecular formula is C25H31ClN2O6. The number of aliphatic carboxylic acids is 1. The van der Waals surface area contributed by atoms with Gasteiger partial charge in [-0.05, 0) is 37.3 Å². The molecule has 2 N–H and O–H groups in total. The molecule has 0 saturated carbocycles. The van der Waals surface area contributed by atoms with Gasteiger partial charge in [-0.3, -0.25) is 14.4 Å². The Balaban J connectivity index is 1.88. The zero-order valence-corrected chi connectivity index (χ0v) is 20.4. The second kappa shape index (κ2) is 8.98. The van der Waals surface area contributed by atoms with Crippen molar-refractivity contribution in [3.8, 4) is 0 Å². The Bertz CT molecular complexity index is 1010. The van der Waals surface area contributed by atoms with Crippen LogP contribution in [-0.2, 0) is 19.1 Å². The molecule has 0 aromatic heterocycles.